The van der Waals surface area contributed by atoms with Crippen molar-refractivity contribution in [2.24, 2.45) is 5.10 Å². The van der Waals surface area contributed by atoms with Crippen LogP contribution >= 0.6 is 27.5 Å². The molecule has 0 aromatic heterocycles. The highest BCUT2D eigenvalue weighted by Gasteiger charge is 2.12. The van der Waals surface area contributed by atoms with E-state index in [1.807, 2.05) is 32.9 Å². The number of carbonyl (C=O) groups excluding carboxylic acids is 3. The third-order valence-electron chi connectivity index (χ3n) is 4.43. The normalized spacial score (nSPS) is 10.9. The zero-order chi connectivity index (χ0) is 25.8. The second kappa shape index (κ2) is 14.4. The Balaban J connectivity index is 1.87. The number of nitrogens with one attached hydrogen (secondary N) is 3. The van der Waals surface area contributed by atoms with E-state index in [1.165, 1.54) is 6.21 Å². The van der Waals surface area contributed by atoms with Crippen molar-refractivity contribution >= 4 is 57.2 Å². The number of anilines is 1. The maximum atomic E-state index is 12.3. The molecule has 0 aliphatic heterocycles. The largest absolute Gasteiger partial charge is 0.483 e. The molecular formula is C24H28BrClN4O5. The molecule has 2 aromatic carbocycles. The summed E-state index contributed by atoms with van der Waals surface area (Å²) in [6.45, 7) is 6.24. The van der Waals surface area contributed by atoms with Gasteiger partial charge in [0.05, 0.1) is 12.3 Å². The summed E-state index contributed by atoms with van der Waals surface area (Å²) >= 11 is 9.43. The van der Waals surface area contributed by atoms with Crippen molar-refractivity contribution in [2.75, 3.05) is 25.1 Å². The molecule has 0 heterocycles. The van der Waals surface area contributed by atoms with E-state index in [-0.39, 0.29) is 18.6 Å². The Bertz CT molecular complexity index is 1080. The predicted octanol–water partition coefficient (Wildman–Crippen LogP) is 3.81. The third kappa shape index (κ3) is 10.5. The summed E-state index contributed by atoms with van der Waals surface area (Å²) in [5, 5.41) is 9.47. The minimum atomic E-state index is -0.917. The van der Waals surface area contributed by atoms with Crippen LogP contribution in [-0.4, -0.2) is 49.8 Å². The molecule has 0 saturated heterocycles. The van der Waals surface area contributed by atoms with Crippen LogP contribution in [0.4, 0.5) is 5.69 Å². The van der Waals surface area contributed by atoms with E-state index in [0.717, 1.165) is 10.0 Å². The first-order valence-corrected chi connectivity index (χ1v) is 12.0. The van der Waals surface area contributed by atoms with Crippen molar-refractivity contribution in [3.8, 4) is 5.75 Å². The van der Waals surface area contributed by atoms with Crippen molar-refractivity contribution in [2.45, 2.75) is 33.3 Å². The Morgan fingerprint density at radius 3 is 2.63 bits per heavy atom. The molecule has 188 valence electrons. The smallest absolute Gasteiger partial charge is 0.329 e. The number of carbonyl (C=O) groups is 3. The van der Waals surface area contributed by atoms with Gasteiger partial charge in [-0.25, -0.2) is 5.43 Å². The van der Waals surface area contributed by atoms with Crippen LogP contribution in [0.2, 0.25) is 5.02 Å². The molecular weight excluding hydrogens is 540 g/mol. The Hall–Kier alpha value is -2.95. The van der Waals surface area contributed by atoms with E-state index in [9.17, 15) is 14.4 Å². The molecule has 35 heavy (non-hydrogen) atoms. The fourth-order valence-electron chi connectivity index (χ4n) is 2.73. The molecule has 0 unspecified atom stereocenters. The Morgan fingerprint density at radius 2 is 1.91 bits per heavy atom. The summed E-state index contributed by atoms with van der Waals surface area (Å²) in [5.41, 5.74) is 4.14. The Kier molecular flexibility index (Phi) is 11.7. The molecule has 9 nitrogen and oxygen atoms in total. The molecule has 3 amide bonds. The first-order chi connectivity index (χ1) is 16.7. The molecule has 0 atom stereocenters. The molecule has 11 heteroatoms. The number of hydrogen-bond acceptors (Lipinski definition) is 6. The van der Waals surface area contributed by atoms with Crippen molar-refractivity contribution in [1.82, 2.24) is 10.7 Å². The number of nitrogens with zero attached hydrogens (tertiary/aromatic N) is 1. The summed E-state index contributed by atoms with van der Waals surface area (Å²) in [7, 11) is 0. The van der Waals surface area contributed by atoms with Gasteiger partial charge in [-0.1, -0.05) is 27.5 Å². The van der Waals surface area contributed by atoms with Gasteiger partial charge in [0, 0.05) is 33.9 Å². The van der Waals surface area contributed by atoms with Gasteiger partial charge in [-0.2, -0.15) is 5.10 Å². The Morgan fingerprint density at radius 1 is 1.14 bits per heavy atom. The van der Waals surface area contributed by atoms with Crippen molar-refractivity contribution in [1.29, 1.82) is 0 Å². The number of hydrazone groups is 1. The second-order valence-corrected chi connectivity index (χ2v) is 9.06. The zero-order valence-corrected chi connectivity index (χ0v) is 22.0. The molecule has 3 N–H and O–H groups in total. The van der Waals surface area contributed by atoms with Gasteiger partial charge in [-0.3, -0.25) is 14.4 Å². The Labute approximate surface area is 217 Å². The minimum Gasteiger partial charge on any atom is -0.483 e. The van der Waals surface area contributed by atoms with Gasteiger partial charge in [0.25, 0.3) is 5.91 Å². The summed E-state index contributed by atoms with van der Waals surface area (Å²) in [6, 6.07) is 10.2. The topological polar surface area (TPSA) is 118 Å². The highest BCUT2D eigenvalue weighted by molar-refractivity contribution is 9.10. The average Bonchev–Trinajstić information content (AvgIpc) is 2.79. The van der Waals surface area contributed by atoms with Crippen LogP contribution in [0.5, 0.6) is 5.75 Å². The molecule has 0 aliphatic carbocycles. The number of halogens is 2. The quantitative estimate of drug-likeness (QED) is 0.165. The lowest BCUT2D eigenvalue weighted by Gasteiger charge is -2.11. The van der Waals surface area contributed by atoms with Gasteiger partial charge < -0.3 is 20.1 Å². The van der Waals surface area contributed by atoms with Crippen LogP contribution in [-0.2, 0) is 19.1 Å². The molecule has 0 radical (unpaired) electrons. The van der Waals surface area contributed by atoms with Crippen LogP contribution in [0.3, 0.4) is 0 Å². The lowest BCUT2D eigenvalue weighted by Crippen LogP contribution is -2.38. The van der Waals surface area contributed by atoms with Crippen LogP contribution in [0.25, 0.3) is 0 Å². The van der Waals surface area contributed by atoms with Crippen LogP contribution < -0.4 is 20.8 Å². The maximum Gasteiger partial charge on any atom is 0.329 e. The van der Waals surface area contributed by atoms with E-state index < -0.39 is 11.8 Å². The van der Waals surface area contributed by atoms with Crippen molar-refractivity contribution < 1.29 is 23.9 Å². The van der Waals surface area contributed by atoms with E-state index in [1.54, 1.807) is 24.3 Å². The highest BCUT2D eigenvalue weighted by Crippen LogP contribution is 2.22. The molecule has 0 aliphatic rings. The van der Waals surface area contributed by atoms with Gasteiger partial charge in [0.15, 0.2) is 6.61 Å². The first kappa shape index (κ1) is 28.3. The first-order valence-electron chi connectivity index (χ1n) is 10.9. The average molecular weight is 568 g/mol. The van der Waals surface area contributed by atoms with Gasteiger partial charge >= 0.3 is 11.8 Å². The van der Waals surface area contributed by atoms with Gasteiger partial charge in [0.2, 0.25) is 0 Å². The monoisotopic (exact) mass is 566 g/mol. The van der Waals surface area contributed by atoms with E-state index in [0.29, 0.717) is 41.6 Å². The van der Waals surface area contributed by atoms with E-state index >= 15 is 0 Å². The fraction of sp³-hybridized carbons (Fsp3) is 0.333. The van der Waals surface area contributed by atoms with Crippen molar-refractivity contribution in [3.05, 3.63) is 57.0 Å². The summed E-state index contributed by atoms with van der Waals surface area (Å²) in [5.74, 6) is -1.75. The van der Waals surface area contributed by atoms with Gasteiger partial charge in [-0.05, 0) is 69.2 Å². The molecule has 0 spiro atoms. The lowest BCUT2D eigenvalue weighted by atomic mass is 10.2. The van der Waals surface area contributed by atoms with Crippen LogP contribution in [0.1, 0.15) is 31.4 Å². The summed E-state index contributed by atoms with van der Waals surface area (Å²) in [6.07, 6.45) is 1.96. The number of benzene rings is 2. The summed E-state index contributed by atoms with van der Waals surface area (Å²) in [4.78, 5) is 36.1. The molecule has 2 rings (SSSR count). The molecule has 0 fully saturated rings. The SMILES string of the molecule is Cc1cc(Br)ccc1NC(=O)COc1ccc(Cl)cc1/C=N\NC(=O)C(=O)NCCCOC(C)C. The number of ether oxygens (including phenoxy) is 2. The second-order valence-electron chi connectivity index (χ2n) is 7.71. The minimum absolute atomic E-state index is 0.105. The van der Waals surface area contributed by atoms with E-state index in [2.05, 4.69) is 37.1 Å². The molecule has 0 saturated carbocycles. The standard InChI is InChI=1S/C24H28BrClN4O5/c1-15(2)34-10-4-9-27-23(32)24(33)30-28-13-17-12-19(26)6-8-21(17)35-14-22(31)29-20-7-5-18(25)11-16(20)3/h5-8,11-13,15H,4,9-10,14H2,1-3H3,(H,27,32)(H,29,31)(H,30,33)/b28-13-. The molecule has 0 bridgehead atoms. The number of rotatable bonds is 11. The predicted molar refractivity (Wildman–Crippen MR) is 139 cm³/mol. The fourth-order valence-corrected chi connectivity index (χ4v) is 3.39. The van der Waals surface area contributed by atoms with Crippen LogP contribution in [0, 0.1) is 6.92 Å². The number of aryl methyl sites for hydroxylation is 1. The van der Waals surface area contributed by atoms with E-state index in [4.69, 9.17) is 21.1 Å². The van der Waals surface area contributed by atoms with Gasteiger partial charge in [0.1, 0.15) is 5.75 Å². The highest BCUT2D eigenvalue weighted by atomic mass is 79.9. The van der Waals surface area contributed by atoms with Gasteiger partial charge in [-0.15, -0.1) is 0 Å². The number of amides is 3. The third-order valence-corrected chi connectivity index (χ3v) is 5.16. The number of hydrogen-bond donors (Lipinski definition) is 3. The van der Waals surface area contributed by atoms with Crippen LogP contribution in [0.15, 0.2) is 46.0 Å². The lowest BCUT2D eigenvalue weighted by molar-refractivity contribution is -0.139. The molecule has 2 aromatic rings. The maximum absolute atomic E-state index is 12.3. The summed E-state index contributed by atoms with van der Waals surface area (Å²) < 4.78 is 11.9. The zero-order valence-electron chi connectivity index (χ0n) is 19.7. The van der Waals surface area contributed by atoms with Crippen molar-refractivity contribution in [3.63, 3.8) is 0 Å².